The second-order valence-corrected chi connectivity index (χ2v) is 8.05. The lowest BCUT2D eigenvalue weighted by molar-refractivity contribution is -0.132. The highest BCUT2D eigenvalue weighted by Crippen LogP contribution is 2.31. The van der Waals surface area contributed by atoms with Crippen molar-refractivity contribution in [2.24, 2.45) is 10.3 Å². The first-order valence-electron chi connectivity index (χ1n) is 9.59. The van der Waals surface area contributed by atoms with Gasteiger partial charge in [0, 0.05) is 30.2 Å². The maximum absolute atomic E-state index is 14.5. The molecule has 0 spiro atoms. The third-order valence-corrected chi connectivity index (χ3v) is 4.45. The largest absolute Gasteiger partial charge is 0.464 e. The Hall–Kier alpha value is -3.13. The zero-order valence-corrected chi connectivity index (χ0v) is 19.9. The van der Waals surface area contributed by atoms with Crippen LogP contribution in [0, 0.1) is 18.6 Å². The SMILES string of the molecule is CO/N=C(/C(=O)OC)c1cccc(C)c1CO/N=C(\C)c1c(F)cc(F)cc1OC(C)(F)P. The van der Waals surface area contributed by atoms with Crippen LogP contribution in [0.3, 0.4) is 0 Å². The number of oxime groups is 2. The number of hydrogen-bond acceptors (Lipinski definition) is 7. The van der Waals surface area contributed by atoms with Crippen LogP contribution in [0.5, 0.6) is 5.75 Å². The Labute approximate surface area is 191 Å². The Morgan fingerprint density at radius 2 is 1.88 bits per heavy atom. The van der Waals surface area contributed by atoms with Gasteiger partial charge in [0.2, 0.25) is 0 Å². The normalized spacial score (nSPS) is 13.8. The Kier molecular flexibility index (Phi) is 8.82. The van der Waals surface area contributed by atoms with E-state index < -0.39 is 23.2 Å². The van der Waals surface area contributed by atoms with Crippen LogP contribution in [0.1, 0.15) is 36.1 Å². The van der Waals surface area contributed by atoms with Crippen molar-refractivity contribution < 1.29 is 37.1 Å². The van der Waals surface area contributed by atoms with E-state index in [2.05, 4.69) is 10.3 Å². The molecule has 2 aromatic rings. The highest BCUT2D eigenvalue weighted by molar-refractivity contribution is 7.18. The van der Waals surface area contributed by atoms with E-state index in [0.29, 0.717) is 17.2 Å². The molecular formula is C22H24F3N2O5P. The molecule has 11 heteroatoms. The van der Waals surface area contributed by atoms with Gasteiger partial charge in [-0.1, -0.05) is 37.8 Å². The first kappa shape index (κ1) is 26.1. The highest BCUT2D eigenvalue weighted by atomic mass is 31.0. The van der Waals surface area contributed by atoms with Gasteiger partial charge < -0.3 is 19.1 Å². The number of methoxy groups -OCH3 is 1. The monoisotopic (exact) mass is 484 g/mol. The molecule has 0 amide bonds. The number of esters is 1. The van der Waals surface area contributed by atoms with Crippen LogP contribution >= 0.6 is 9.24 Å². The fourth-order valence-electron chi connectivity index (χ4n) is 2.94. The van der Waals surface area contributed by atoms with Crippen LogP contribution in [0.4, 0.5) is 13.2 Å². The third-order valence-electron chi connectivity index (χ3n) is 4.33. The van der Waals surface area contributed by atoms with Crippen LogP contribution in [0.15, 0.2) is 40.6 Å². The van der Waals surface area contributed by atoms with Gasteiger partial charge in [-0.3, -0.25) is 0 Å². The minimum absolute atomic E-state index is 0.0226. The smallest absolute Gasteiger partial charge is 0.360 e. The topological polar surface area (TPSA) is 78.7 Å². The third kappa shape index (κ3) is 6.92. The van der Waals surface area contributed by atoms with Crippen molar-refractivity contribution >= 4 is 26.6 Å². The minimum Gasteiger partial charge on any atom is -0.464 e. The molecule has 0 aromatic heterocycles. The fourth-order valence-corrected chi connectivity index (χ4v) is 3.06. The van der Waals surface area contributed by atoms with Crippen molar-refractivity contribution in [2.45, 2.75) is 33.0 Å². The van der Waals surface area contributed by atoms with Gasteiger partial charge in [-0.2, -0.15) is 4.39 Å². The molecule has 0 heterocycles. The number of rotatable bonds is 9. The minimum atomic E-state index is -2.27. The first-order valence-corrected chi connectivity index (χ1v) is 10.2. The molecule has 2 rings (SSSR count). The van der Waals surface area contributed by atoms with E-state index in [9.17, 15) is 18.0 Å². The van der Waals surface area contributed by atoms with Crippen LogP contribution in [-0.2, 0) is 25.8 Å². The second-order valence-electron chi connectivity index (χ2n) is 7.01. The summed E-state index contributed by atoms with van der Waals surface area (Å²) in [5, 5.41) is 7.62. The number of carbonyl (C=O) groups excluding carboxylic acids is 1. The van der Waals surface area contributed by atoms with Crippen LogP contribution < -0.4 is 4.74 Å². The van der Waals surface area contributed by atoms with Gasteiger partial charge in [-0.25, -0.2) is 13.6 Å². The molecule has 0 saturated heterocycles. The lowest BCUT2D eigenvalue weighted by Crippen LogP contribution is -2.20. The molecule has 178 valence electrons. The summed E-state index contributed by atoms with van der Waals surface area (Å²) in [7, 11) is 4.28. The average molecular weight is 484 g/mol. The molecule has 2 aromatic carbocycles. The van der Waals surface area contributed by atoms with E-state index >= 15 is 0 Å². The van der Waals surface area contributed by atoms with E-state index in [-0.39, 0.29) is 29.3 Å². The number of benzene rings is 2. The van der Waals surface area contributed by atoms with Crippen LogP contribution in [0.2, 0.25) is 0 Å². The summed E-state index contributed by atoms with van der Waals surface area (Å²) in [5.41, 5.74) is -0.934. The number of nitrogens with zero attached hydrogens (tertiary/aromatic N) is 2. The summed E-state index contributed by atoms with van der Waals surface area (Å²) < 4.78 is 51.8. The van der Waals surface area contributed by atoms with Gasteiger partial charge in [0.1, 0.15) is 31.1 Å². The van der Waals surface area contributed by atoms with Crippen molar-refractivity contribution in [3.05, 3.63) is 64.2 Å². The molecule has 0 N–H and O–H groups in total. The predicted octanol–water partition coefficient (Wildman–Crippen LogP) is 4.63. The van der Waals surface area contributed by atoms with Crippen LogP contribution in [-0.4, -0.2) is 37.2 Å². The van der Waals surface area contributed by atoms with Crippen molar-refractivity contribution in [3.63, 3.8) is 0 Å². The number of hydrogen-bond donors (Lipinski definition) is 0. The standard InChI is InChI=1S/C22H24F3N2O5P/c1-12-7-6-8-15(20(27-30-5)21(28)29-4)16(12)11-31-26-13(2)19-17(24)9-14(23)10-18(19)32-22(3,25)33/h6-10H,11,33H2,1-5H3/b26-13+,27-20+. The lowest BCUT2D eigenvalue weighted by Gasteiger charge is -2.20. The van der Waals surface area contributed by atoms with Crippen molar-refractivity contribution in [1.29, 1.82) is 0 Å². The Bertz CT molecular complexity index is 1080. The number of halogens is 3. The van der Waals surface area contributed by atoms with E-state index in [0.717, 1.165) is 18.6 Å². The van der Waals surface area contributed by atoms with E-state index in [4.69, 9.17) is 19.1 Å². The second kappa shape index (κ2) is 11.1. The Balaban J connectivity index is 2.39. The molecule has 0 bridgehead atoms. The fraction of sp³-hybridized carbons (Fsp3) is 0.318. The molecule has 0 aliphatic rings. The molecule has 7 nitrogen and oxygen atoms in total. The summed E-state index contributed by atoms with van der Waals surface area (Å²) in [4.78, 5) is 22.3. The Morgan fingerprint density at radius 1 is 1.18 bits per heavy atom. The maximum Gasteiger partial charge on any atom is 0.360 e. The molecule has 2 atom stereocenters. The van der Waals surface area contributed by atoms with Gasteiger partial charge in [0.25, 0.3) is 5.60 Å². The van der Waals surface area contributed by atoms with Gasteiger partial charge in [0.15, 0.2) is 5.71 Å². The highest BCUT2D eigenvalue weighted by Gasteiger charge is 2.24. The molecule has 0 saturated carbocycles. The summed E-state index contributed by atoms with van der Waals surface area (Å²) in [6.07, 6.45) is 0. The number of carbonyl (C=O) groups is 1. The van der Waals surface area contributed by atoms with Crippen LogP contribution in [0.25, 0.3) is 0 Å². The average Bonchev–Trinajstić information content (AvgIpc) is 2.71. The summed E-state index contributed by atoms with van der Waals surface area (Å²) in [5.74, 6) is -3.04. The van der Waals surface area contributed by atoms with Gasteiger partial charge in [-0.15, -0.1) is 0 Å². The summed E-state index contributed by atoms with van der Waals surface area (Å²) in [6.45, 7) is 4.11. The van der Waals surface area contributed by atoms with Crippen molar-refractivity contribution in [2.75, 3.05) is 14.2 Å². The van der Waals surface area contributed by atoms with Gasteiger partial charge in [0.05, 0.1) is 18.4 Å². The first-order chi connectivity index (χ1) is 15.5. The molecule has 0 aliphatic heterocycles. The molecule has 0 radical (unpaired) electrons. The summed E-state index contributed by atoms with van der Waals surface area (Å²) >= 11 is 0. The molecule has 0 fully saturated rings. The number of aryl methyl sites for hydroxylation is 1. The zero-order chi connectivity index (χ0) is 24.8. The molecule has 0 aliphatic carbocycles. The quantitative estimate of drug-likeness (QED) is 0.224. The Morgan fingerprint density at radius 3 is 2.48 bits per heavy atom. The van der Waals surface area contributed by atoms with E-state index in [1.165, 1.54) is 21.1 Å². The van der Waals surface area contributed by atoms with E-state index in [1.54, 1.807) is 34.4 Å². The van der Waals surface area contributed by atoms with Gasteiger partial charge >= 0.3 is 5.97 Å². The van der Waals surface area contributed by atoms with Crippen molar-refractivity contribution in [3.8, 4) is 5.75 Å². The lowest BCUT2D eigenvalue weighted by atomic mass is 9.99. The summed E-state index contributed by atoms with van der Waals surface area (Å²) in [6, 6.07) is 6.60. The number of alkyl halides is 1. The van der Waals surface area contributed by atoms with E-state index in [1.807, 2.05) is 0 Å². The van der Waals surface area contributed by atoms with Gasteiger partial charge in [-0.05, 0) is 19.4 Å². The molecule has 2 unspecified atom stereocenters. The predicted molar refractivity (Wildman–Crippen MR) is 120 cm³/mol. The number of ether oxygens (including phenoxy) is 2. The molecule has 33 heavy (non-hydrogen) atoms. The maximum atomic E-state index is 14.5. The van der Waals surface area contributed by atoms with Crippen molar-refractivity contribution in [1.82, 2.24) is 0 Å². The molecular weight excluding hydrogens is 460 g/mol. The zero-order valence-electron chi connectivity index (χ0n) is 18.7.